The van der Waals surface area contributed by atoms with Crippen molar-refractivity contribution in [2.24, 2.45) is 13.0 Å². The first-order chi connectivity index (χ1) is 18.4. The van der Waals surface area contributed by atoms with E-state index in [9.17, 15) is 9.59 Å². The Labute approximate surface area is 223 Å². The third-order valence-electron chi connectivity index (χ3n) is 6.80. The van der Waals surface area contributed by atoms with Gasteiger partial charge in [-0.05, 0) is 60.0 Å². The summed E-state index contributed by atoms with van der Waals surface area (Å²) in [4.78, 5) is 33.8. The number of hydrogen-bond acceptors (Lipinski definition) is 5. The largest absolute Gasteiger partial charge is 0.457 e. The number of benzene rings is 3. The van der Waals surface area contributed by atoms with Gasteiger partial charge in [0, 0.05) is 30.8 Å². The zero-order valence-electron chi connectivity index (χ0n) is 21.0. The van der Waals surface area contributed by atoms with Crippen molar-refractivity contribution in [1.82, 2.24) is 18.7 Å². The van der Waals surface area contributed by atoms with Gasteiger partial charge in [0.05, 0.1) is 6.54 Å². The highest BCUT2D eigenvalue weighted by molar-refractivity contribution is 6.30. The standard InChI is InChI=1S/C29H26ClN5O3/c1-19-16-33(22-11-13-24(14-12-22)38-23-9-4-3-5-10-23)28-31-26-25(34(28)17-19)27(36)35(29(37)32(26)2)18-20-7-6-8-21(30)15-20/h3-15,19H,16-18H2,1-2H3. The van der Waals surface area contributed by atoms with Crippen LogP contribution in [-0.4, -0.2) is 25.2 Å². The van der Waals surface area contributed by atoms with Crippen molar-refractivity contribution in [2.45, 2.75) is 20.0 Å². The van der Waals surface area contributed by atoms with Gasteiger partial charge in [0.2, 0.25) is 5.95 Å². The summed E-state index contributed by atoms with van der Waals surface area (Å²) in [7, 11) is 1.65. The number of rotatable bonds is 5. The van der Waals surface area contributed by atoms with Crippen LogP contribution in [0.25, 0.3) is 11.2 Å². The maximum absolute atomic E-state index is 13.7. The summed E-state index contributed by atoms with van der Waals surface area (Å²) in [6.45, 7) is 3.63. The molecule has 1 aliphatic rings. The maximum atomic E-state index is 13.7. The van der Waals surface area contributed by atoms with E-state index in [1.54, 1.807) is 19.2 Å². The topological polar surface area (TPSA) is 74.3 Å². The second-order valence-electron chi connectivity index (χ2n) is 9.68. The first-order valence-corrected chi connectivity index (χ1v) is 12.8. The van der Waals surface area contributed by atoms with Gasteiger partial charge in [0.1, 0.15) is 11.5 Å². The molecule has 1 unspecified atom stereocenters. The predicted octanol–water partition coefficient (Wildman–Crippen LogP) is 5.18. The second kappa shape index (κ2) is 9.54. The molecule has 9 heteroatoms. The van der Waals surface area contributed by atoms with Crippen LogP contribution >= 0.6 is 11.6 Å². The van der Waals surface area contributed by atoms with E-state index in [4.69, 9.17) is 21.3 Å². The van der Waals surface area contributed by atoms with E-state index in [-0.39, 0.29) is 18.0 Å². The molecule has 1 atom stereocenters. The molecule has 8 nitrogen and oxygen atoms in total. The summed E-state index contributed by atoms with van der Waals surface area (Å²) >= 11 is 6.14. The fourth-order valence-electron chi connectivity index (χ4n) is 5.00. The number of imidazole rings is 1. The second-order valence-corrected chi connectivity index (χ2v) is 10.1. The number of anilines is 2. The van der Waals surface area contributed by atoms with Gasteiger partial charge in [-0.25, -0.2) is 4.79 Å². The van der Waals surface area contributed by atoms with Crippen LogP contribution in [0, 0.1) is 5.92 Å². The molecule has 192 valence electrons. The molecule has 0 bridgehead atoms. The molecule has 38 heavy (non-hydrogen) atoms. The van der Waals surface area contributed by atoms with Crippen molar-refractivity contribution < 1.29 is 4.74 Å². The Kier molecular flexibility index (Phi) is 6.04. The Morgan fingerprint density at radius 2 is 1.68 bits per heavy atom. The molecule has 5 aromatic rings. The Hall–Kier alpha value is -4.30. The van der Waals surface area contributed by atoms with Crippen molar-refractivity contribution >= 4 is 34.4 Å². The van der Waals surface area contributed by atoms with Crippen LogP contribution in [0.4, 0.5) is 11.6 Å². The van der Waals surface area contributed by atoms with E-state index in [1.165, 1.54) is 9.13 Å². The average Bonchev–Trinajstić information content (AvgIpc) is 3.30. The zero-order valence-corrected chi connectivity index (χ0v) is 21.8. The monoisotopic (exact) mass is 527 g/mol. The van der Waals surface area contributed by atoms with E-state index in [2.05, 4.69) is 11.8 Å². The highest BCUT2D eigenvalue weighted by atomic mass is 35.5. The van der Waals surface area contributed by atoms with E-state index >= 15 is 0 Å². The fraction of sp³-hybridized carbons (Fsp3) is 0.207. The van der Waals surface area contributed by atoms with Gasteiger partial charge in [0.25, 0.3) is 5.56 Å². The number of aryl methyl sites for hydroxylation is 1. The molecule has 0 saturated heterocycles. The lowest BCUT2D eigenvalue weighted by Gasteiger charge is -2.33. The molecular formula is C29H26ClN5O3. The SMILES string of the molecule is CC1CN(c2ccc(Oc3ccccc3)cc2)c2nc3c(c(=O)n(Cc4cccc(Cl)c4)c(=O)n3C)n2C1. The smallest absolute Gasteiger partial charge is 0.332 e. The van der Waals surface area contributed by atoms with E-state index in [1.807, 2.05) is 71.3 Å². The summed E-state index contributed by atoms with van der Waals surface area (Å²) in [5.74, 6) is 2.38. The predicted molar refractivity (Wildman–Crippen MR) is 149 cm³/mol. The van der Waals surface area contributed by atoms with Gasteiger partial charge >= 0.3 is 5.69 Å². The molecule has 1 aliphatic heterocycles. The minimum Gasteiger partial charge on any atom is -0.457 e. The average molecular weight is 528 g/mol. The summed E-state index contributed by atoms with van der Waals surface area (Å²) < 4.78 is 10.6. The summed E-state index contributed by atoms with van der Waals surface area (Å²) in [6.07, 6.45) is 0. The number of para-hydroxylation sites is 1. The Balaban J connectivity index is 1.41. The third-order valence-corrected chi connectivity index (χ3v) is 7.03. The summed E-state index contributed by atoms with van der Waals surface area (Å²) in [5, 5.41) is 0.555. The summed E-state index contributed by atoms with van der Waals surface area (Å²) in [6, 6.07) is 24.6. The van der Waals surface area contributed by atoms with Gasteiger partial charge in [-0.3, -0.25) is 13.9 Å². The normalized spacial score (nSPS) is 15.0. The van der Waals surface area contributed by atoms with Crippen molar-refractivity contribution in [3.63, 3.8) is 0 Å². The van der Waals surface area contributed by atoms with Crippen LogP contribution in [-0.2, 0) is 20.1 Å². The molecule has 0 aliphatic carbocycles. The van der Waals surface area contributed by atoms with Gasteiger partial charge in [-0.2, -0.15) is 4.98 Å². The van der Waals surface area contributed by atoms with Gasteiger partial charge in [-0.15, -0.1) is 0 Å². The molecule has 2 aromatic heterocycles. The van der Waals surface area contributed by atoms with Crippen LogP contribution in [0.15, 0.2) is 88.5 Å². The van der Waals surface area contributed by atoms with Crippen molar-refractivity contribution in [3.05, 3.63) is 110 Å². The number of hydrogen-bond donors (Lipinski definition) is 0. The molecule has 0 N–H and O–H groups in total. The Morgan fingerprint density at radius 1 is 0.947 bits per heavy atom. The number of ether oxygens (including phenoxy) is 1. The minimum atomic E-state index is -0.417. The van der Waals surface area contributed by atoms with Gasteiger partial charge < -0.3 is 14.2 Å². The first-order valence-electron chi connectivity index (χ1n) is 12.4. The minimum absolute atomic E-state index is 0.130. The van der Waals surface area contributed by atoms with Crippen molar-refractivity contribution in [1.29, 1.82) is 0 Å². The first kappa shape index (κ1) is 24.1. The zero-order chi connectivity index (χ0) is 26.4. The lowest BCUT2D eigenvalue weighted by molar-refractivity contribution is 0.457. The van der Waals surface area contributed by atoms with Gasteiger partial charge in [0.15, 0.2) is 11.2 Å². The highest BCUT2D eigenvalue weighted by Crippen LogP contribution is 2.34. The molecule has 3 aromatic carbocycles. The lowest BCUT2D eigenvalue weighted by atomic mass is 10.1. The third kappa shape index (κ3) is 4.26. The quantitative estimate of drug-likeness (QED) is 0.315. The Morgan fingerprint density at radius 3 is 2.42 bits per heavy atom. The number of halogens is 1. The molecule has 0 amide bonds. The summed E-state index contributed by atoms with van der Waals surface area (Å²) in [5.41, 5.74) is 1.73. The van der Waals surface area contributed by atoms with Crippen LogP contribution in [0.1, 0.15) is 12.5 Å². The van der Waals surface area contributed by atoms with Crippen LogP contribution in [0.3, 0.4) is 0 Å². The molecule has 0 spiro atoms. The lowest BCUT2D eigenvalue weighted by Crippen LogP contribution is -2.40. The molecular weight excluding hydrogens is 502 g/mol. The molecule has 0 fully saturated rings. The van der Waals surface area contributed by atoms with E-state index in [0.717, 1.165) is 29.3 Å². The highest BCUT2D eigenvalue weighted by Gasteiger charge is 2.30. The van der Waals surface area contributed by atoms with Crippen LogP contribution in [0.5, 0.6) is 11.5 Å². The van der Waals surface area contributed by atoms with E-state index in [0.29, 0.717) is 28.7 Å². The number of aromatic nitrogens is 4. The molecule has 3 heterocycles. The fourth-order valence-corrected chi connectivity index (χ4v) is 5.21. The van der Waals surface area contributed by atoms with Crippen LogP contribution in [0.2, 0.25) is 5.02 Å². The van der Waals surface area contributed by atoms with Crippen molar-refractivity contribution in [3.8, 4) is 11.5 Å². The number of fused-ring (bicyclic) bond motifs is 3. The number of nitrogens with zero attached hydrogens (tertiary/aromatic N) is 5. The molecule has 0 radical (unpaired) electrons. The molecule has 6 rings (SSSR count). The van der Waals surface area contributed by atoms with E-state index < -0.39 is 5.69 Å². The Bertz CT molecular complexity index is 1760. The maximum Gasteiger partial charge on any atom is 0.332 e. The molecule has 0 saturated carbocycles. The van der Waals surface area contributed by atoms with Gasteiger partial charge in [-0.1, -0.05) is 48.9 Å². The van der Waals surface area contributed by atoms with Crippen molar-refractivity contribution in [2.75, 3.05) is 11.4 Å². The van der Waals surface area contributed by atoms with Crippen LogP contribution < -0.4 is 20.9 Å².